The number of nitrogens with zero attached hydrogens (tertiary/aromatic N) is 2. The van der Waals surface area contributed by atoms with Crippen molar-refractivity contribution in [3.8, 4) is 0 Å². The number of aryl methyl sites for hydroxylation is 2. The van der Waals surface area contributed by atoms with Crippen LogP contribution in [0.4, 0.5) is 4.39 Å². The van der Waals surface area contributed by atoms with Gasteiger partial charge in [0, 0.05) is 18.7 Å². The molecule has 4 rings (SSSR count). The number of benzene rings is 2. The first-order valence-electron chi connectivity index (χ1n) is 9.57. The Hall–Kier alpha value is -2.99. The van der Waals surface area contributed by atoms with Crippen LogP contribution in [0.5, 0.6) is 0 Å². The average molecular weight is 394 g/mol. The van der Waals surface area contributed by atoms with Crippen molar-refractivity contribution in [2.24, 2.45) is 0 Å². The lowest BCUT2D eigenvalue weighted by Crippen LogP contribution is -2.35. The van der Waals surface area contributed by atoms with Gasteiger partial charge >= 0.3 is 0 Å². The summed E-state index contributed by atoms with van der Waals surface area (Å²) in [5.41, 5.74) is 2.55. The molecule has 1 aromatic heterocycles. The summed E-state index contributed by atoms with van der Waals surface area (Å²) in [6.07, 6.45) is 0. The third-order valence-electron chi connectivity index (χ3n) is 5.57. The summed E-state index contributed by atoms with van der Waals surface area (Å²) >= 11 is 0. The van der Waals surface area contributed by atoms with E-state index in [2.05, 4.69) is 0 Å². The molecule has 6 heteroatoms. The fourth-order valence-corrected chi connectivity index (χ4v) is 3.83. The fraction of sp³-hybridized carbons (Fsp3) is 0.304. The topological polar surface area (TPSA) is 53.8 Å². The van der Waals surface area contributed by atoms with Gasteiger partial charge in [-0.2, -0.15) is 0 Å². The van der Waals surface area contributed by atoms with Crippen molar-refractivity contribution >= 4 is 16.9 Å². The standard InChI is InChI=1S/C23H23FN2O3/c1-13-11-16-18(12-14(13)2)29-22-19(21(16)27)20(15-7-5-6-8-17(15)24)26(23(22)28)10-9-25(3)4/h5-8,11-12,20H,9-10H2,1-4H3/t20-/m0/s1. The van der Waals surface area contributed by atoms with Crippen molar-refractivity contribution < 1.29 is 13.6 Å². The minimum atomic E-state index is -0.805. The van der Waals surface area contributed by atoms with E-state index in [9.17, 15) is 14.0 Å². The second kappa shape index (κ2) is 7.12. The Morgan fingerprint density at radius 1 is 1.10 bits per heavy atom. The second-order valence-corrected chi connectivity index (χ2v) is 7.83. The molecule has 0 saturated carbocycles. The van der Waals surface area contributed by atoms with E-state index in [1.807, 2.05) is 32.8 Å². The summed E-state index contributed by atoms with van der Waals surface area (Å²) in [7, 11) is 3.80. The van der Waals surface area contributed by atoms with E-state index in [-0.39, 0.29) is 22.7 Å². The SMILES string of the molecule is Cc1cc2oc3c(c(=O)c2cc1C)[C@H](c1ccccc1F)N(CCN(C)C)C3=O. The van der Waals surface area contributed by atoms with Crippen molar-refractivity contribution in [2.75, 3.05) is 27.2 Å². The van der Waals surface area contributed by atoms with Crippen LogP contribution in [0.2, 0.25) is 0 Å². The molecule has 1 amide bonds. The normalized spacial score (nSPS) is 16.1. The number of halogens is 1. The number of carbonyl (C=O) groups excluding carboxylic acids is 1. The van der Waals surface area contributed by atoms with Crippen LogP contribution in [0.15, 0.2) is 45.6 Å². The number of hydrogen-bond acceptors (Lipinski definition) is 4. The Labute approximate surface area is 168 Å². The highest BCUT2D eigenvalue weighted by molar-refractivity contribution is 5.99. The average Bonchev–Trinajstić information content (AvgIpc) is 2.94. The first-order valence-corrected chi connectivity index (χ1v) is 9.57. The molecule has 1 atom stereocenters. The van der Waals surface area contributed by atoms with Crippen LogP contribution in [0, 0.1) is 19.7 Å². The minimum Gasteiger partial charge on any atom is -0.450 e. The van der Waals surface area contributed by atoms with Gasteiger partial charge in [0.2, 0.25) is 5.76 Å². The molecular weight excluding hydrogens is 371 g/mol. The lowest BCUT2D eigenvalue weighted by Gasteiger charge is -2.26. The monoisotopic (exact) mass is 394 g/mol. The van der Waals surface area contributed by atoms with E-state index in [0.29, 0.717) is 29.6 Å². The van der Waals surface area contributed by atoms with E-state index >= 15 is 0 Å². The number of carbonyl (C=O) groups is 1. The maximum Gasteiger partial charge on any atom is 0.290 e. The van der Waals surface area contributed by atoms with E-state index < -0.39 is 11.9 Å². The van der Waals surface area contributed by atoms with E-state index in [1.54, 1.807) is 30.3 Å². The summed E-state index contributed by atoms with van der Waals surface area (Å²) in [4.78, 5) is 30.1. The molecule has 3 aromatic rings. The maximum atomic E-state index is 14.7. The molecule has 150 valence electrons. The Kier molecular flexibility index (Phi) is 4.74. The van der Waals surface area contributed by atoms with Crippen LogP contribution in [0.25, 0.3) is 11.0 Å². The summed E-state index contributed by atoms with van der Waals surface area (Å²) in [5.74, 6) is -0.822. The predicted molar refractivity (Wildman–Crippen MR) is 110 cm³/mol. The van der Waals surface area contributed by atoms with Gasteiger partial charge in [0.15, 0.2) is 5.43 Å². The molecule has 2 heterocycles. The maximum absolute atomic E-state index is 14.7. The third kappa shape index (κ3) is 3.13. The Morgan fingerprint density at radius 3 is 2.48 bits per heavy atom. The minimum absolute atomic E-state index is 0.0118. The summed E-state index contributed by atoms with van der Waals surface area (Å²) < 4.78 is 20.7. The zero-order valence-electron chi connectivity index (χ0n) is 17.0. The molecule has 0 saturated heterocycles. The zero-order chi connectivity index (χ0) is 20.9. The van der Waals surface area contributed by atoms with Crippen LogP contribution in [-0.4, -0.2) is 42.9 Å². The Morgan fingerprint density at radius 2 is 1.79 bits per heavy atom. The number of rotatable bonds is 4. The Balaban J connectivity index is 1.99. The zero-order valence-corrected chi connectivity index (χ0v) is 17.0. The number of amides is 1. The van der Waals surface area contributed by atoms with Gasteiger partial charge in [0.1, 0.15) is 11.4 Å². The van der Waals surface area contributed by atoms with Crippen LogP contribution in [0.1, 0.15) is 38.9 Å². The van der Waals surface area contributed by atoms with Gasteiger partial charge in [0.05, 0.1) is 17.0 Å². The largest absolute Gasteiger partial charge is 0.450 e. The van der Waals surface area contributed by atoms with Crippen molar-refractivity contribution in [1.82, 2.24) is 9.80 Å². The second-order valence-electron chi connectivity index (χ2n) is 7.83. The molecule has 0 radical (unpaired) electrons. The smallest absolute Gasteiger partial charge is 0.290 e. The molecule has 5 nitrogen and oxygen atoms in total. The molecule has 0 unspecified atom stereocenters. The van der Waals surface area contributed by atoms with Crippen LogP contribution in [0.3, 0.4) is 0 Å². The summed E-state index contributed by atoms with van der Waals surface area (Å²) in [6, 6.07) is 9.02. The molecule has 0 bridgehead atoms. The molecule has 1 aliphatic heterocycles. The Bertz CT molecular complexity index is 1180. The first kappa shape index (κ1) is 19.3. The van der Waals surface area contributed by atoms with E-state index in [0.717, 1.165) is 11.1 Å². The summed E-state index contributed by atoms with van der Waals surface area (Å²) in [5, 5.41) is 0.412. The van der Waals surface area contributed by atoms with E-state index in [4.69, 9.17) is 4.42 Å². The van der Waals surface area contributed by atoms with Crippen LogP contribution in [-0.2, 0) is 0 Å². The molecule has 0 fully saturated rings. The van der Waals surface area contributed by atoms with Gasteiger partial charge in [-0.25, -0.2) is 4.39 Å². The highest BCUT2D eigenvalue weighted by Crippen LogP contribution is 2.39. The molecule has 0 aliphatic carbocycles. The van der Waals surface area contributed by atoms with Gasteiger partial charge in [0.25, 0.3) is 5.91 Å². The van der Waals surface area contributed by atoms with Gasteiger partial charge in [-0.3, -0.25) is 9.59 Å². The quantitative estimate of drug-likeness (QED) is 0.678. The summed E-state index contributed by atoms with van der Waals surface area (Å²) in [6.45, 7) is 4.78. The van der Waals surface area contributed by atoms with Crippen molar-refractivity contribution in [3.63, 3.8) is 0 Å². The van der Waals surface area contributed by atoms with Crippen LogP contribution < -0.4 is 5.43 Å². The molecule has 2 aromatic carbocycles. The van der Waals surface area contributed by atoms with E-state index in [1.165, 1.54) is 11.0 Å². The highest BCUT2D eigenvalue weighted by Gasteiger charge is 2.43. The lowest BCUT2D eigenvalue weighted by molar-refractivity contribution is 0.0714. The molecule has 0 spiro atoms. The van der Waals surface area contributed by atoms with Crippen molar-refractivity contribution in [2.45, 2.75) is 19.9 Å². The fourth-order valence-electron chi connectivity index (χ4n) is 3.83. The molecular formula is C23H23FN2O3. The number of likely N-dealkylation sites (N-methyl/N-ethyl adjacent to an activating group) is 1. The third-order valence-corrected chi connectivity index (χ3v) is 5.57. The lowest BCUT2D eigenvalue weighted by atomic mass is 9.97. The molecule has 0 N–H and O–H groups in total. The predicted octanol–water partition coefficient (Wildman–Crippen LogP) is 3.66. The molecule has 29 heavy (non-hydrogen) atoms. The highest BCUT2D eigenvalue weighted by atomic mass is 19.1. The number of hydrogen-bond donors (Lipinski definition) is 0. The van der Waals surface area contributed by atoms with Crippen molar-refractivity contribution in [1.29, 1.82) is 0 Å². The van der Waals surface area contributed by atoms with Gasteiger partial charge in [-0.1, -0.05) is 18.2 Å². The van der Waals surface area contributed by atoms with Gasteiger partial charge in [-0.05, 0) is 57.3 Å². The van der Waals surface area contributed by atoms with Gasteiger partial charge in [-0.15, -0.1) is 0 Å². The van der Waals surface area contributed by atoms with Crippen LogP contribution >= 0.6 is 0 Å². The first-order chi connectivity index (χ1) is 13.8. The van der Waals surface area contributed by atoms with Crippen molar-refractivity contribution in [3.05, 3.63) is 80.5 Å². The van der Waals surface area contributed by atoms with Gasteiger partial charge < -0.3 is 14.2 Å². The molecule has 1 aliphatic rings. The number of fused-ring (bicyclic) bond motifs is 2.